The van der Waals surface area contributed by atoms with Gasteiger partial charge < -0.3 is 14.8 Å². The summed E-state index contributed by atoms with van der Waals surface area (Å²) in [4.78, 5) is 33.3. The third-order valence-corrected chi connectivity index (χ3v) is 2.42. The van der Waals surface area contributed by atoms with Gasteiger partial charge in [-0.2, -0.15) is 0 Å². The van der Waals surface area contributed by atoms with E-state index in [0.717, 1.165) is 24.5 Å². The number of carboxylic acid groups (broad SMARTS) is 1. The summed E-state index contributed by atoms with van der Waals surface area (Å²) >= 11 is 0. The van der Waals surface area contributed by atoms with E-state index in [2.05, 4.69) is 9.73 Å². The molecule has 0 radical (unpaired) electrons. The Balaban J connectivity index is 2.24. The van der Waals surface area contributed by atoms with Crippen LogP contribution < -0.4 is 10.9 Å². The average molecular weight is 277 g/mol. The lowest BCUT2D eigenvalue weighted by Gasteiger charge is -2.06. The van der Waals surface area contributed by atoms with Gasteiger partial charge in [0.2, 0.25) is 0 Å². The van der Waals surface area contributed by atoms with Gasteiger partial charge in [0.05, 0.1) is 11.1 Å². The summed E-state index contributed by atoms with van der Waals surface area (Å²) in [7, 11) is 0. The molecular weight excluding hydrogens is 269 g/mol. The topological polar surface area (TPSA) is 96.6 Å². The van der Waals surface area contributed by atoms with Crippen molar-refractivity contribution in [3.63, 3.8) is 0 Å². The molecular formula is C13H8FNO5. The minimum absolute atomic E-state index is 0.0748. The molecule has 0 atom stereocenters. The molecule has 0 spiro atoms. The Morgan fingerprint density at radius 3 is 2.55 bits per heavy atom. The van der Waals surface area contributed by atoms with Gasteiger partial charge in [-0.05, 0) is 24.3 Å². The van der Waals surface area contributed by atoms with E-state index < -0.39 is 28.9 Å². The van der Waals surface area contributed by atoms with Crippen LogP contribution in [0.5, 0.6) is 0 Å². The fraction of sp³-hybridized carbons (Fsp3) is 0. The van der Waals surface area contributed by atoms with Crippen LogP contribution in [0.15, 0.2) is 45.8 Å². The number of benzene rings is 1. The smallest absolute Gasteiger partial charge is 0.338 e. The number of hydrogen-bond donors (Lipinski definition) is 2. The van der Waals surface area contributed by atoms with Crippen LogP contribution in [0.1, 0.15) is 20.7 Å². The van der Waals surface area contributed by atoms with Gasteiger partial charge in [-0.15, -0.1) is 0 Å². The normalized spacial score (nSPS) is 10.1. The predicted octanol–water partition coefficient (Wildman–Crippen LogP) is 1.73. The summed E-state index contributed by atoms with van der Waals surface area (Å²) < 4.78 is 17.7. The van der Waals surface area contributed by atoms with Crippen LogP contribution in [0, 0.1) is 5.82 Å². The molecule has 0 aliphatic carbocycles. The molecule has 0 aliphatic rings. The van der Waals surface area contributed by atoms with Crippen molar-refractivity contribution in [3.05, 3.63) is 64.0 Å². The molecule has 20 heavy (non-hydrogen) atoms. The van der Waals surface area contributed by atoms with Crippen molar-refractivity contribution < 1.29 is 23.5 Å². The minimum atomic E-state index is -1.44. The minimum Gasteiger partial charge on any atom is -0.478 e. The van der Waals surface area contributed by atoms with Crippen LogP contribution in [0.3, 0.4) is 0 Å². The molecule has 0 unspecified atom stereocenters. The summed E-state index contributed by atoms with van der Waals surface area (Å²) in [6.07, 6.45) is 0.972. The fourth-order valence-electron chi connectivity index (χ4n) is 1.46. The second-order valence-electron chi connectivity index (χ2n) is 3.80. The lowest BCUT2D eigenvalue weighted by Crippen LogP contribution is -2.13. The highest BCUT2D eigenvalue weighted by Gasteiger charge is 2.13. The Hall–Kier alpha value is -2.96. The molecule has 0 fully saturated rings. The average Bonchev–Trinajstić information content (AvgIpc) is 2.41. The third kappa shape index (κ3) is 2.89. The van der Waals surface area contributed by atoms with Crippen LogP contribution in [-0.4, -0.2) is 17.0 Å². The van der Waals surface area contributed by atoms with Crippen molar-refractivity contribution in [1.82, 2.24) is 0 Å². The van der Waals surface area contributed by atoms with Gasteiger partial charge >= 0.3 is 11.6 Å². The number of carbonyl (C=O) groups is 2. The monoisotopic (exact) mass is 277 g/mol. The van der Waals surface area contributed by atoms with Crippen molar-refractivity contribution in [2.75, 3.05) is 5.32 Å². The maximum Gasteiger partial charge on any atom is 0.338 e. The van der Waals surface area contributed by atoms with Crippen molar-refractivity contribution >= 4 is 17.6 Å². The van der Waals surface area contributed by atoms with Crippen LogP contribution in [0.25, 0.3) is 0 Å². The first-order valence-corrected chi connectivity index (χ1v) is 5.40. The van der Waals surface area contributed by atoms with E-state index in [-0.39, 0.29) is 11.3 Å². The second kappa shape index (κ2) is 5.35. The van der Waals surface area contributed by atoms with Crippen molar-refractivity contribution in [2.45, 2.75) is 0 Å². The maximum absolute atomic E-state index is 13.2. The number of halogens is 1. The molecule has 1 heterocycles. The quantitative estimate of drug-likeness (QED) is 0.890. The van der Waals surface area contributed by atoms with Crippen molar-refractivity contribution in [2.24, 2.45) is 0 Å². The molecule has 7 heteroatoms. The van der Waals surface area contributed by atoms with E-state index in [9.17, 15) is 18.8 Å². The molecule has 6 nitrogen and oxygen atoms in total. The van der Waals surface area contributed by atoms with E-state index in [4.69, 9.17) is 5.11 Å². The molecule has 0 saturated heterocycles. The number of amides is 1. The summed E-state index contributed by atoms with van der Waals surface area (Å²) in [6.45, 7) is 0. The number of hydrogen-bond acceptors (Lipinski definition) is 4. The van der Waals surface area contributed by atoms with Gasteiger partial charge in [0.25, 0.3) is 5.91 Å². The highest BCUT2D eigenvalue weighted by atomic mass is 19.1. The summed E-state index contributed by atoms with van der Waals surface area (Å²) in [5, 5.41) is 11.1. The summed E-state index contributed by atoms with van der Waals surface area (Å²) in [5.74, 6) is -2.96. The molecule has 1 amide bonds. The third-order valence-electron chi connectivity index (χ3n) is 2.42. The zero-order valence-electron chi connectivity index (χ0n) is 9.92. The first-order chi connectivity index (χ1) is 9.47. The Morgan fingerprint density at radius 2 is 1.95 bits per heavy atom. The second-order valence-corrected chi connectivity index (χ2v) is 3.80. The van der Waals surface area contributed by atoms with Crippen LogP contribution >= 0.6 is 0 Å². The highest BCUT2D eigenvalue weighted by molar-refractivity contribution is 6.04. The first-order valence-electron chi connectivity index (χ1n) is 5.40. The zero-order valence-corrected chi connectivity index (χ0v) is 9.92. The molecule has 102 valence electrons. The van der Waals surface area contributed by atoms with E-state index in [1.807, 2.05) is 0 Å². The molecule has 0 aliphatic heterocycles. The Bertz CT molecular complexity index is 717. The van der Waals surface area contributed by atoms with E-state index >= 15 is 0 Å². The molecule has 1 aromatic heterocycles. The van der Waals surface area contributed by atoms with Gasteiger partial charge in [-0.25, -0.2) is 14.0 Å². The number of nitrogens with one attached hydrogen (secondary N) is 1. The Labute approximate surface area is 111 Å². The molecule has 2 N–H and O–H groups in total. The number of anilines is 1. The summed E-state index contributed by atoms with van der Waals surface area (Å²) in [5.41, 5.74) is -0.968. The highest BCUT2D eigenvalue weighted by Crippen LogP contribution is 2.15. The lowest BCUT2D eigenvalue weighted by atomic mass is 10.2. The first kappa shape index (κ1) is 13.5. The van der Waals surface area contributed by atoms with E-state index in [0.29, 0.717) is 0 Å². The zero-order chi connectivity index (χ0) is 14.7. The largest absolute Gasteiger partial charge is 0.478 e. The SMILES string of the molecule is O=C(Nc1ccc(F)c(C(=O)O)c1)c1ccc(=O)oc1. The molecule has 0 saturated carbocycles. The van der Waals surface area contributed by atoms with Gasteiger partial charge in [0, 0.05) is 11.8 Å². The number of carbonyl (C=O) groups excluding carboxylic acids is 1. The van der Waals surface area contributed by atoms with Gasteiger partial charge in [-0.3, -0.25) is 4.79 Å². The lowest BCUT2D eigenvalue weighted by molar-refractivity contribution is 0.0691. The molecule has 0 bridgehead atoms. The molecule has 2 aromatic rings. The summed E-state index contributed by atoms with van der Waals surface area (Å²) in [6, 6.07) is 5.47. The fourth-order valence-corrected chi connectivity index (χ4v) is 1.46. The Morgan fingerprint density at radius 1 is 1.20 bits per heavy atom. The maximum atomic E-state index is 13.2. The standard InChI is InChI=1S/C13H8FNO5/c14-10-3-2-8(5-9(10)13(18)19)15-12(17)7-1-4-11(16)20-6-7/h1-6H,(H,15,17)(H,18,19). The van der Waals surface area contributed by atoms with Gasteiger partial charge in [-0.1, -0.05) is 0 Å². The number of carboxylic acids is 1. The van der Waals surface area contributed by atoms with E-state index in [1.165, 1.54) is 12.1 Å². The number of aromatic carboxylic acids is 1. The van der Waals surface area contributed by atoms with Crippen LogP contribution in [-0.2, 0) is 0 Å². The Kier molecular flexibility index (Phi) is 3.60. The molecule has 2 rings (SSSR count). The van der Waals surface area contributed by atoms with Crippen LogP contribution in [0.4, 0.5) is 10.1 Å². The number of rotatable bonds is 3. The predicted molar refractivity (Wildman–Crippen MR) is 66.3 cm³/mol. The van der Waals surface area contributed by atoms with Gasteiger partial charge in [0.15, 0.2) is 0 Å². The van der Waals surface area contributed by atoms with Crippen molar-refractivity contribution in [1.29, 1.82) is 0 Å². The van der Waals surface area contributed by atoms with E-state index in [1.54, 1.807) is 0 Å². The molecule has 1 aromatic carbocycles. The van der Waals surface area contributed by atoms with Crippen molar-refractivity contribution in [3.8, 4) is 0 Å². The van der Waals surface area contributed by atoms with Gasteiger partial charge in [0.1, 0.15) is 12.1 Å². The van der Waals surface area contributed by atoms with Crippen LogP contribution in [0.2, 0.25) is 0 Å².